The average molecular weight is 416 g/mol. The van der Waals surface area contributed by atoms with Gasteiger partial charge in [-0.1, -0.05) is 18.2 Å². The molecule has 3 rings (SSSR count). The molecule has 1 aliphatic rings. The summed E-state index contributed by atoms with van der Waals surface area (Å²) >= 11 is 1.65. The van der Waals surface area contributed by atoms with E-state index in [0.717, 1.165) is 11.4 Å². The van der Waals surface area contributed by atoms with Crippen LogP contribution in [0.25, 0.3) is 0 Å². The predicted octanol–water partition coefficient (Wildman–Crippen LogP) is 3.03. The van der Waals surface area contributed by atoms with Crippen molar-refractivity contribution >= 4 is 29.3 Å². The Bertz CT molecular complexity index is 809. The van der Waals surface area contributed by atoms with E-state index in [1.165, 1.54) is 12.1 Å². The molecule has 154 valence electrons. The third kappa shape index (κ3) is 5.73. The molecule has 0 bridgehead atoms. The van der Waals surface area contributed by atoms with Crippen molar-refractivity contribution in [3.63, 3.8) is 0 Å². The van der Waals surface area contributed by atoms with Crippen molar-refractivity contribution in [1.29, 1.82) is 0 Å². The van der Waals surface area contributed by atoms with Crippen molar-refractivity contribution in [2.75, 3.05) is 43.1 Å². The molecular formula is C22H26FN3O2S. The van der Waals surface area contributed by atoms with Crippen LogP contribution in [0.4, 0.5) is 10.1 Å². The van der Waals surface area contributed by atoms with Crippen LogP contribution in [-0.2, 0) is 4.79 Å². The molecule has 5 nitrogen and oxygen atoms in total. The second-order valence-corrected chi connectivity index (χ2v) is 7.95. The van der Waals surface area contributed by atoms with Gasteiger partial charge in [-0.15, -0.1) is 0 Å². The minimum absolute atomic E-state index is 0.0397. The third-order valence-electron chi connectivity index (χ3n) is 5.03. The first-order valence-corrected chi connectivity index (χ1v) is 11.1. The number of amides is 2. The number of hydrogen-bond acceptors (Lipinski definition) is 4. The lowest BCUT2D eigenvalue weighted by Crippen LogP contribution is -2.55. The Morgan fingerprint density at radius 1 is 1.03 bits per heavy atom. The molecule has 1 aliphatic heterocycles. The molecule has 1 fully saturated rings. The van der Waals surface area contributed by atoms with E-state index in [1.54, 1.807) is 36.0 Å². The smallest absolute Gasteiger partial charge is 0.251 e. The second-order valence-electron chi connectivity index (χ2n) is 6.96. The molecule has 29 heavy (non-hydrogen) atoms. The van der Waals surface area contributed by atoms with Crippen LogP contribution >= 0.6 is 11.8 Å². The van der Waals surface area contributed by atoms with Gasteiger partial charge in [0, 0.05) is 37.4 Å². The first-order chi connectivity index (χ1) is 14.1. The molecule has 2 amide bonds. The Morgan fingerprint density at radius 2 is 1.69 bits per heavy atom. The number of hydrogen-bond donors (Lipinski definition) is 1. The van der Waals surface area contributed by atoms with Gasteiger partial charge in [0.2, 0.25) is 5.91 Å². The number of carbonyl (C=O) groups is 2. The molecule has 1 atom stereocenters. The minimum Gasteiger partial charge on any atom is -0.368 e. The highest BCUT2D eigenvalue weighted by atomic mass is 32.2. The maximum Gasteiger partial charge on any atom is 0.251 e. The molecule has 1 N–H and O–H groups in total. The molecule has 0 unspecified atom stereocenters. The van der Waals surface area contributed by atoms with E-state index >= 15 is 0 Å². The van der Waals surface area contributed by atoms with Crippen molar-refractivity contribution in [2.45, 2.75) is 12.5 Å². The Balaban J connectivity index is 1.60. The summed E-state index contributed by atoms with van der Waals surface area (Å²) in [4.78, 5) is 29.6. The topological polar surface area (TPSA) is 52.7 Å². The lowest BCUT2D eigenvalue weighted by Gasteiger charge is -2.37. The summed E-state index contributed by atoms with van der Waals surface area (Å²) in [5.41, 5.74) is 1.50. The maximum atomic E-state index is 13.1. The minimum atomic E-state index is -0.535. The highest BCUT2D eigenvalue weighted by Crippen LogP contribution is 2.18. The molecule has 0 spiro atoms. The van der Waals surface area contributed by atoms with Crippen LogP contribution in [0.5, 0.6) is 0 Å². The Morgan fingerprint density at radius 3 is 2.31 bits per heavy atom. The average Bonchev–Trinajstić information content (AvgIpc) is 2.77. The molecule has 0 aromatic heterocycles. The van der Waals surface area contributed by atoms with Gasteiger partial charge in [0.25, 0.3) is 5.91 Å². The van der Waals surface area contributed by atoms with Crippen molar-refractivity contribution in [3.8, 4) is 0 Å². The Labute approximate surface area is 175 Å². The van der Waals surface area contributed by atoms with Gasteiger partial charge in [-0.05, 0) is 54.8 Å². The predicted molar refractivity (Wildman–Crippen MR) is 116 cm³/mol. The summed E-state index contributed by atoms with van der Waals surface area (Å²) in [6, 6.07) is 14.8. The monoisotopic (exact) mass is 415 g/mol. The molecule has 7 heteroatoms. The normalized spacial score (nSPS) is 15.1. The standard InChI is InChI=1S/C22H26FN3O2S/c1-29-16-11-20(24-21(27)17-5-3-2-4-6-17)22(28)26-14-12-25(13-15-26)19-9-7-18(23)8-10-19/h2-10,20H,11-16H2,1H3,(H,24,27)/t20-/m0/s1. The third-order valence-corrected chi connectivity index (χ3v) is 5.68. The molecule has 0 aliphatic carbocycles. The second kappa shape index (κ2) is 10.3. The Kier molecular flexibility index (Phi) is 7.52. The zero-order valence-corrected chi connectivity index (χ0v) is 17.3. The van der Waals surface area contributed by atoms with E-state index in [2.05, 4.69) is 10.2 Å². The molecule has 1 heterocycles. The highest BCUT2D eigenvalue weighted by molar-refractivity contribution is 7.98. The molecule has 1 saturated heterocycles. The molecule has 2 aromatic rings. The van der Waals surface area contributed by atoms with Crippen molar-refractivity contribution in [2.24, 2.45) is 0 Å². The first kappa shape index (κ1) is 21.2. The van der Waals surface area contributed by atoms with Gasteiger partial charge in [-0.3, -0.25) is 9.59 Å². The number of thioether (sulfide) groups is 1. The fraction of sp³-hybridized carbons (Fsp3) is 0.364. The van der Waals surface area contributed by atoms with E-state index in [9.17, 15) is 14.0 Å². The van der Waals surface area contributed by atoms with E-state index in [-0.39, 0.29) is 17.6 Å². The Hall–Kier alpha value is -2.54. The lowest BCUT2D eigenvalue weighted by atomic mass is 10.1. The zero-order chi connectivity index (χ0) is 20.6. The first-order valence-electron chi connectivity index (χ1n) is 9.72. The molecule has 0 saturated carbocycles. The van der Waals surface area contributed by atoms with Crippen LogP contribution < -0.4 is 10.2 Å². The van der Waals surface area contributed by atoms with Crippen LogP contribution in [0.3, 0.4) is 0 Å². The molecular weight excluding hydrogens is 389 g/mol. The number of carbonyl (C=O) groups excluding carboxylic acids is 2. The number of nitrogens with zero attached hydrogens (tertiary/aromatic N) is 2. The summed E-state index contributed by atoms with van der Waals surface area (Å²) in [6.45, 7) is 2.51. The van der Waals surface area contributed by atoms with Gasteiger partial charge < -0.3 is 15.1 Å². The van der Waals surface area contributed by atoms with Crippen LogP contribution in [0.15, 0.2) is 54.6 Å². The van der Waals surface area contributed by atoms with E-state index in [4.69, 9.17) is 0 Å². The van der Waals surface area contributed by atoms with E-state index in [0.29, 0.717) is 38.2 Å². The van der Waals surface area contributed by atoms with Crippen LogP contribution in [0, 0.1) is 5.82 Å². The number of anilines is 1. The summed E-state index contributed by atoms with van der Waals surface area (Å²) in [7, 11) is 0. The van der Waals surface area contributed by atoms with Gasteiger partial charge in [-0.25, -0.2) is 4.39 Å². The van der Waals surface area contributed by atoms with Gasteiger partial charge in [0.05, 0.1) is 0 Å². The number of nitrogens with one attached hydrogen (secondary N) is 1. The quantitative estimate of drug-likeness (QED) is 0.755. The SMILES string of the molecule is CSCC[C@H](NC(=O)c1ccccc1)C(=O)N1CCN(c2ccc(F)cc2)CC1. The highest BCUT2D eigenvalue weighted by Gasteiger charge is 2.28. The molecule has 0 radical (unpaired) electrons. The zero-order valence-electron chi connectivity index (χ0n) is 16.5. The van der Waals surface area contributed by atoms with E-state index in [1.807, 2.05) is 29.4 Å². The largest absolute Gasteiger partial charge is 0.368 e. The van der Waals surface area contributed by atoms with Crippen LogP contribution in [0.1, 0.15) is 16.8 Å². The van der Waals surface area contributed by atoms with E-state index < -0.39 is 6.04 Å². The van der Waals surface area contributed by atoms with Gasteiger partial charge in [-0.2, -0.15) is 11.8 Å². The van der Waals surface area contributed by atoms with Gasteiger partial charge in [0.15, 0.2) is 0 Å². The van der Waals surface area contributed by atoms with Crippen molar-refractivity contribution < 1.29 is 14.0 Å². The fourth-order valence-electron chi connectivity index (χ4n) is 3.38. The summed E-state index contributed by atoms with van der Waals surface area (Å²) in [5, 5.41) is 2.92. The number of piperazine rings is 1. The summed E-state index contributed by atoms with van der Waals surface area (Å²) in [5.74, 6) is 0.270. The van der Waals surface area contributed by atoms with Gasteiger partial charge >= 0.3 is 0 Å². The van der Waals surface area contributed by atoms with Gasteiger partial charge in [0.1, 0.15) is 11.9 Å². The van der Waals surface area contributed by atoms with Crippen molar-refractivity contribution in [3.05, 3.63) is 66.0 Å². The van der Waals surface area contributed by atoms with Crippen LogP contribution in [0.2, 0.25) is 0 Å². The summed E-state index contributed by atoms with van der Waals surface area (Å²) in [6.07, 6.45) is 2.58. The lowest BCUT2D eigenvalue weighted by molar-refractivity contribution is -0.133. The van der Waals surface area contributed by atoms with Crippen LogP contribution in [-0.4, -0.2) is 60.9 Å². The van der Waals surface area contributed by atoms with Crippen molar-refractivity contribution in [1.82, 2.24) is 10.2 Å². The fourth-order valence-corrected chi connectivity index (χ4v) is 3.85. The summed E-state index contributed by atoms with van der Waals surface area (Å²) < 4.78 is 13.1. The maximum absolute atomic E-state index is 13.1. The molecule has 2 aromatic carbocycles. The number of halogens is 1. The number of benzene rings is 2. The number of rotatable bonds is 7.